The zero-order valence-corrected chi connectivity index (χ0v) is 10.5. The van der Waals surface area contributed by atoms with Gasteiger partial charge in [-0.25, -0.2) is 9.97 Å². The lowest BCUT2D eigenvalue weighted by atomic mass is 10.3. The lowest BCUT2D eigenvalue weighted by Crippen LogP contribution is -1.93. The van der Waals surface area contributed by atoms with E-state index in [-0.39, 0.29) is 0 Å². The molecule has 0 aliphatic carbocycles. The number of fused-ring (bicyclic) bond motifs is 1. The molecule has 0 radical (unpaired) electrons. The van der Waals surface area contributed by atoms with Crippen molar-refractivity contribution >= 4 is 27.2 Å². The molecule has 0 spiro atoms. The number of anilines is 1. The molecule has 2 heterocycles. The Morgan fingerprint density at radius 2 is 2.12 bits per heavy atom. The van der Waals surface area contributed by atoms with Gasteiger partial charge < -0.3 is 5.73 Å². The smallest absolute Gasteiger partial charge is 0.196 e. The van der Waals surface area contributed by atoms with Crippen LogP contribution >= 0.6 is 11.3 Å². The molecular formula is C12H12N4S. The van der Waals surface area contributed by atoms with Crippen LogP contribution in [0.2, 0.25) is 0 Å². The number of hydrogen-bond acceptors (Lipinski definition) is 4. The molecule has 0 saturated carbocycles. The number of thiazole rings is 1. The highest BCUT2D eigenvalue weighted by atomic mass is 32.1. The maximum atomic E-state index is 5.77. The number of nitrogen functional groups attached to an aromatic ring is 1. The predicted molar refractivity (Wildman–Crippen MR) is 70.6 cm³/mol. The first-order valence-electron chi connectivity index (χ1n) is 5.32. The quantitative estimate of drug-likeness (QED) is 0.669. The van der Waals surface area contributed by atoms with E-state index in [0.29, 0.717) is 0 Å². The van der Waals surface area contributed by atoms with Crippen molar-refractivity contribution in [2.24, 2.45) is 0 Å². The number of rotatable bonds is 1. The van der Waals surface area contributed by atoms with Crippen molar-refractivity contribution in [3.8, 4) is 5.13 Å². The predicted octanol–water partition coefficient (Wildman–Crippen LogP) is 2.68. The highest BCUT2D eigenvalue weighted by molar-refractivity contribution is 7.20. The van der Waals surface area contributed by atoms with Crippen molar-refractivity contribution in [2.75, 3.05) is 5.73 Å². The van der Waals surface area contributed by atoms with Crippen molar-refractivity contribution in [1.29, 1.82) is 0 Å². The molecule has 2 N–H and O–H groups in total. The third kappa shape index (κ3) is 1.59. The average Bonchev–Trinajstić information content (AvgIpc) is 2.83. The van der Waals surface area contributed by atoms with E-state index in [1.54, 1.807) is 11.3 Å². The van der Waals surface area contributed by atoms with Gasteiger partial charge in [0.1, 0.15) is 6.33 Å². The van der Waals surface area contributed by atoms with Gasteiger partial charge in [-0.2, -0.15) is 0 Å². The molecule has 86 valence electrons. The highest BCUT2D eigenvalue weighted by Gasteiger charge is 2.09. The first-order valence-corrected chi connectivity index (χ1v) is 6.14. The standard InChI is InChI=1S/C12H12N4S/c1-7-8(2)16(6-14-7)12-15-10-4-3-9(13)5-11(10)17-12/h3-6H,13H2,1-2H3. The minimum atomic E-state index is 0.770. The van der Waals surface area contributed by atoms with Crippen molar-refractivity contribution in [1.82, 2.24) is 14.5 Å². The summed E-state index contributed by atoms with van der Waals surface area (Å²) < 4.78 is 3.11. The van der Waals surface area contributed by atoms with Gasteiger partial charge in [0.25, 0.3) is 0 Å². The first-order chi connectivity index (χ1) is 8.15. The molecule has 0 amide bonds. The van der Waals surface area contributed by atoms with Crippen molar-refractivity contribution in [3.63, 3.8) is 0 Å². The van der Waals surface area contributed by atoms with Gasteiger partial charge in [0.2, 0.25) is 0 Å². The van der Waals surface area contributed by atoms with Crippen LogP contribution in [0.25, 0.3) is 15.3 Å². The summed E-state index contributed by atoms with van der Waals surface area (Å²) in [6.07, 6.45) is 1.81. The van der Waals surface area contributed by atoms with Gasteiger partial charge in [0, 0.05) is 11.4 Å². The largest absolute Gasteiger partial charge is 0.399 e. The second kappa shape index (κ2) is 3.56. The van der Waals surface area contributed by atoms with E-state index in [2.05, 4.69) is 9.97 Å². The van der Waals surface area contributed by atoms with Gasteiger partial charge in [0.15, 0.2) is 5.13 Å². The molecule has 0 atom stereocenters. The molecule has 0 aliphatic heterocycles. The maximum absolute atomic E-state index is 5.77. The Hall–Kier alpha value is -1.88. The van der Waals surface area contributed by atoms with Gasteiger partial charge >= 0.3 is 0 Å². The van der Waals surface area contributed by atoms with Gasteiger partial charge in [0.05, 0.1) is 15.9 Å². The maximum Gasteiger partial charge on any atom is 0.196 e. The number of nitrogens with two attached hydrogens (primary N) is 1. The van der Waals surface area contributed by atoms with Crippen LogP contribution in [0, 0.1) is 13.8 Å². The van der Waals surface area contributed by atoms with E-state index in [9.17, 15) is 0 Å². The molecule has 2 aromatic heterocycles. The van der Waals surface area contributed by atoms with Gasteiger partial charge in [-0.05, 0) is 32.0 Å². The fourth-order valence-corrected chi connectivity index (χ4v) is 2.76. The van der Waals surface area contributed by atoms with Crippen LogP contribution in [-0.4, -0.2) is 14.5 Å². The van der Waals surface area contributed by atoms with Crippen molar-refractivity contribution < 1.29 is 0 Å². The Kier molecular flexibility index (Phi) is 2.16. The second-order valence-electron chi connectivity index (χ2n) is 4.01. The van der Waals surface area contributed by atoms with E-state index in [1.165, 1.54) is 0 Å². The normalized spacial score (nSPS) is 11.2. The van der Waals surface area contributed by atoms with Gasteiger partial charge in [-0.1, -0.05) is 11.3 Å². The van der Waals surface area contributed by atoms with E-state index in [1.807, 2.05) is 42.9 Å². The van der Waals surface area contributed by atoms with Crippen LogP contribution in [0.15, 0.2) is 24.5 Å². The first kappa shape index (κ1) is 10.3. The summed E-state index contributed by atoms with van der Waals surface area (Å²) in [5, 5.41) is 0.934. The van der Waals surface area contributed by atoms with Gasteiger partial charge in [-0.15, -0.1) is 0 Å². The lowest BCUT2D eigenvalue weighted by Gasteiger charge is -1.98. The Bertz CT molecular complexity index is 696. The monoisotopic (exact) mass is 244 g/mol. The number of aryl methyl sites for hydroxylation is 1. The Labute approximate surface area is 103 Å². The van der Waals surface area contributed by atoms with Crippen LogP contribution < -0.4 is 5.73 Å². The number of nitrogens with zero attached hydrogens (tertiary/aromatic N) is 3. The van der Waals surface area contributed by atoms with E-state index >= 15 is 0 Å². The van der Waals surface area contributed by atoms with Crippen LogP contribution in [0.4, 0.5) is 5.69 Å². The molecule has 0 fully saturated rings. The zero-order valence-electron chi connectivity index (χ0n) is 9.64. The molecule has 0 saturated heterocycles. The van der Waals surface area contributed by atoms with E-state index in [4.69, 9.17) is 5.73 Å². The molecule has 5 heteroatoms. The fourth-order valence-electron chi connectivity index (χ4n) is 1.72. The minimum absolute atomic E-state index is 0.770. The minimum Gasteiger partial charge on any atom is -0.399 e. The Morgan fingerprint density at radius 3 is 2.82 bits per heavy atom. The molecule has 17 heavy (non-hydrogen) atoms. The number of benzene rings is 1. The molecule has 1 aromatic carbocycles. The highest BCUT2D eigenvalue weighted by Crippen LogP contribution is 2.27. The van der Waals surface area contributed by atoms with Crippen LogP contribution in [0.5, 0.6) is 0 Å². The molecule has 4 nitrogen and oxygen atoms in total. The van der Waals surface area contributed by atoms with Crippen molar-refractivity contribution in [3.05, 3.63) is 35.9 Å². The van der Waals surface area contributed by atoms with E-state index < -0.39 is 0 Å². The SMILES string of the molecule is Cc1ncn(-c2nc3ccc(N)cc3s2)c1C. The Morgan fingerprint density at radius 1 is 1.29 bits per heavy atom. The molecule has 3 aromatic rings. The summed E-state index contributed by atoms with van der Waals surface area (Å²) in [7, 11) is 0. The van der Waals surface area contributed by atoms with Crippen LogP contribution in [0.1, 0.15) is 11.4 Å². The summed E-state index contributed by atoms with van der Waals surface area (Å²) in [5.74, 6) is 0. The molecule has 0 unspecified atom stereocenters. The Balaban J connectivity index is 2.21. The van der Waals surface area contributed by atoms with E-state index in [0.717, 1.165) is 32.4 Å². The summed E-state index contributed by atoms with van der Waals surface area (Å²) >= 11 is 1.62. The molecule has 0 bridgehead atoms. The molecular weight excluding hydrogens is 232 g/mol. The number of aromatic nitrogens is 3. The zero-order chi connectivity index (χ0) is 12.0. The third-order valence-corrected chi connectivity index (χ3v) is 3.88. The van der Waals surface area contributed by atoms with Crippen LogP contribution in [-0.2, 0) is 0 Å². The van der Waals surface area contributed by atoms with Crippen LogP contribution in [0.3, 0.4) is 0 Å². The van der Waals surface area contributed by atoms with Crippen molar-refractivity contribution in [2.45, 2.75) is 13.8 Å². The summed E-state index contributed by atoms with van der Waals surface area (Å²) in [5.41, 5.74) is 9.67. The lowest BCUT2D eigenvalue weighted by molar-refractivity contribution is 0.988. The summed E-state index contributed by atoms with van der Waals surface area (Å²) in [6, 6.07) is 5.78. The summed E-state index contributed by atoms with van der Waals surface area (Å²) in [6.45, 7) is 4.04. The number of hydrogen-bond donors (Lipinski definition) is 1. The molecule has 3 rings (SSSR count). The third-order valence-electron chi connectivity index (χ3n) is 2.86. The summed E-state index contributed by atoms with van der Waals surface area (Å²) in [4.78, 5) is 8.87. The topological polar surface area (TPSA) is 56.7 Å². The average molecular weight is 244 g/mol. The second-order valence-corrected chi connectivity index (χ2v) is 5.02. The number of imidazole rings is 1. The fraction of sp³-hybridized carbons (Fsp3) is 0.167. The molecule has 0 aliphatic rings. The van der Waals surface area contributed by atoms with Gasteiger partial charge in [-0.3, -0.25) is 4.57 Å².